The molecule has 1 fully saturated rings. The van der Waals surface area contributed by atoms with E-state index in [1.807, 2.05) is 6.92 Å². The van der Waals surface area contributed by atoms with Crippen molar-refractivity contribution in [1.82, 2.24) is 10.2 Å². The number of amides is 3. The minimum absolute atomic E-state index is 0.0921. The van der Waals surface area contributed by atoms with Crippen molar-refractivity contribution in [3.05, 3.63) is 29.8 Å². The van der Waals surface area contributed by atoms with Gasteiger partial charge in [0.25, 0.3) is 5.91 Å². The summed E-state index contributed by atoms with van der Waals surface area (Å²) in [5.74, 6) is -0.125. The van der Waals surface area contributed by atoms with E-state index in [2.05, 4.69) is 10.6 Å². The first-order chi connectivity index (χ1) is 9.20. The van der Waals surface area contributed by atoms with Crippen LogP contribution >= 0.6 is 0 Å². The zero-order valence-electron chi connectivity index (χ0n) is 11.1. The van der Waals surface area contributed by atoms with Gasteiger partial charge in [-0.2, -0.15) is 0 Å². The molecule has 2 N–H and O–H groups in total. The normalized spacial score (nSPS) is 14.3. The van der Waals surface area contributed by atoms with Crippen LogP contribution in [0.3, 0.4) is 0 Å². The van der Waals surface area contributed by atoms with Crippen molar-refractivity contribution < 1.29 is 9.59 Å². The molecule has 1 aromatic carbocycles. The predicted molar refractivity (Wildman–Crippen MR) is 74.3 cm³/mol. The van der Waals surface area contributed by atoms with Gasteiger partial charge in [-0.1, -0.05) is 6.07 Å². The van der Waals surface area contributed by atoms with Gasteiger partial charge >= 0.3 is 6.03 Å². The Balaban J connectivity index is 2.02. The molecule has 0 bridgehead atoms. The summed E-state index contributed by atoms with van der Waals surface area (Å²) in [4.78, 5) is 25.4. The Bertz CT molecular complexity index is 468. The molecule has 0 radical (unpaired) electrons. The summed E-state index contributed by atoms with van der Waals surface area (Å²) in [7, 11) is 0. The van der Waals surface area contributed by atoms with Crippen LogP contribution in [-0.4, -0.2) is 36.5 Å². The molecule has 1 aliphatic heterocycles. The average Bonchev–Trinajstić information content (AvgIpc) is 2.93. The van der Waals surface area contributed by atoms with Gasteiger partial charge in [-0.05, 0) is 38.0 Å². The van der Waals surface area contributed by atoms with Crippen LogP contribution in [0.2, 0.25) is 0 Å². The van der Waals surface area contributed by atoms with Gasteiger partial charge in [0.1, 0.15) is 0 Å². The van der Waals surface area contributed by atoms with E-state index in [1.54, 1.807) is 29.2 Å². The Labute approximate surface area is 113 Å². The number of urea groups is 1. The van der Waals surface area contributed by atoms with E-state index in [0.29, 0.717) is 17.8 Å². The van der Waals surface area contributed by atoms with Crippen LogP contribution in [0.5, 0.6) is 0 Å². The van der Waals surface area contributed by atoms with Crippen molar-refractivity contribution in [2.45, 2.75) is 19.8 Å². The molecule has 0 aromatic heterocycles. The lowest BCUT2D eigenvalue weighted by Crippen LogP contribution is -2.32. The molecule has 0 spiro atoms. The van der Waals surface area contributed by atoms with Gasteiger partial charge in [-0.3, -0.25) is 4.79 Å². The second-order valence-corrected chi connectivity index (χ2v) is 4.56. The molecule has 102 valence electrons. The summed E-state index contributed by atoms with van der Waals surface area (Å²) >= 11 is 0. The van der Waals surface area contributed by atoms with E-state index in [-0.39, 0.29) is 11.9 Å². The molecule has 19 heavy (non-hydrogen) atoms. The lowest BCUT2D eigenvalue weighted by Gasteiger charge is -2.16. The smallest absolute Gasteiger partial charge is 0.321 e. The van der Waals surface area contributed by atoms with Crippen molar-refractivity contribution in [3.8, 4) is 0 Å². The maximum atomic E-state index is 11.9. The van der Waals surface area contributed by atoms with E-state index < -0.39 is 0 Å². The molecule has 2 rings (SSSR count). The summed E-state index contributed by atoms with van der Waals surface area (Å²) in [6.45, 7) is 4.07. The first-order valence-electron chi connectivity index (χ1n) is 6.65. The third-order valence-electron chi connectivity index (χ3n) is 3.11. The third kappa shape index (κ3) is 3.47. The first-order valence-corrected chi connectivity index (χ1v) is 6.65. The Hall–Kier alpha value is -2.04. The van der Waals surface area contributed by atoms with Gasteiger partial charge in [-0.25, -0.2) is 4.79 Å². The fourth-order valence-electron chi connectivity index (χ4n) is 2.12. The van der Waals surface area contributed by atoms with Crippen LogP contribution in [0.25, 0.3) is 0 Å². The molecular weight excluding hydrogens is 242 g/mol. The van der Waals surface area contributed by atoms with Crippen molar-refractivity contribution >= 4 is 17.6 Å². The third-order valence-corrected chi connectivity index (χ3v) is 3.11. The largest absolute Gasteiger partial charge is 0.352 e. The van der Waals surface area contributed by atoms with E-state index in [9.17, 15) is 9.59 Å². The number of benzene rings is 1. The van der Waals surface area contributed by atoms with Crippen molar-refractivity contribution in [1.29, 1.82) is 0 Å². The fourth-order valence-corrected chi connectivity index (χ4v) is 2.12. The Kier molecular flexibility index (Phi) is 4.39. The van der Waals surface area contributed by atoms with Gasteiger partial charge in [-0.15, -0.1) is 0 Å². The number of nitrogens with one attached hydrogen (secondary N) is 2. The summed E-state index contributed by atoms with van der Waals surface area (Å²) in [6.07, 6.45) is 2.12. The molecule has 5 nitrogen and oxygen atoms in total. The molecular formula is C14H19N3O2. The maximum Gasteiger partial charge on any atom is 0.321 e. The highest BCUT2D eigenvalue weighted by Gasteiger charge is 2.17. The van der Waals surface area contributed by atoms with Crippen LogP contribution in [0.4, 0.5) is 10.5 Å². The molecule has 0 saturated carbocycles. The van der Waals surface area contributed by atoms with Gasteiger partial charge in [0.2, 0.25) is 0 Å². The highest BCUT2D eigenvalue weighted by atomic mass is 16.2. The molecule has 5 heteroatoms. The Morgan fingerprint density at radius 3 is 2.68 bits per heavy atom. The minimum Gasteiger partial charge on any atom is -0.352 e. The maximum absolute atomic E-state index is 11.9. The molecule has 0 atom stereocenters. The Morgan fingerprint density at radius 2 is 2.00 bits per heavy atom. The second kappa shape index (κ2) is 6.22. The molecule has 3 amide bonds. The number of carbonyl (C=O) groups is 2. The number of carbonyl (C=O) groups excluding carboxylic acids is 2. The predicted octanol–water partition coefficient (Wildman–Crippen LogP) is 2.06. The summed E-state index contributed by atoms with van der Waals surface area (Å²) in [5, 5.41) is 5.56. The number of rotatable bonds is 3. The van der Waals surface area contributed by atoms with Gasteiger partial charge < -0.3 is 15.5 Å². The summed E-state index contributed by atoms with van der Waals surface area (Å²) < 4.78 is 0. The summed E-state index contributed by atoms with van der Waals surface area (Å²) in [5.41, 5.74) is 1.21. The molecule has 1 saturated heterocycles. The number of anilines is 1. The molecule has 0 unspecified atom stereocenters. The highest BCUT2D eigenvalue weighted by Crippen LogP contribution is 2.14. The van der Waals surface area contributed by atoms with E-state index >= 15 is 0 Å². The molecule has 1 heterocycles. The quantitative estimate of drug-likeness (QED) is 0.875. The van der Waals surface area contributed by atoms with E-state index in [0.717, 1.165) is 25.9 Å². The van der Waals surface area contributed by atoms with Crippen molar-refractivity contribution in [2.75, 3.05) is 25.0 Å². The van der Waals surface area contributed by atoms with Gasteiger partial charge in [0.05, 0.1) is 0 Å². The van der Waals surface area contributed by atoms with Crippen LogP contribution in [0.15, 0.2) is 24.3 Å². The molecule has 1 aromatic rings. The van der Waals surface area contributed by atoms with E-state index in [4.69, 9.17) is 0 Å². The monoisotopic (exact) mass is 261 g/mol. The average molecular weight is 261 g/mol. The van der Waals surface area contributed by atoms with Gasteiger partial charge in [0, 0.05) is 30.9 Å². The minimum atomic E-state index is -0.125. The topological polar surface area (TPSA) is 61.4 Å². The van der Waals surface area contributed by atoms with Crippen molar-refractivity contribution in [3.63, 3.8) is 0 Å². The van der Waals surface area contributed by atoms with Crippen LogP contribution in [0.1, 0.15) is 30.1 Å². The first kappa shape index (κ1) is 13.4. The number of nitrogens with zero attached hydrogens (tertiary/aromatic N) is 1. The van der Waals surface area contributed by atoms with Crippen LogP contribution in [0, 0.1) is 0 Å². The highest BCUT2D eigenvalue weighted by molar-refractivity contribution is 5.96. The Morgan fingerprint density at radius 1 is 1.26 bits per heavy atom. The van der Waals surface area contributed by atoms with Crippen molar-refractivity contribution in [2.24, 2.45) is 0 Å². The number of likely N-dealkylation sites (tertiary alicyclic amines) is 1. The fraction of sp³-hybridized carbons (Fsp3) is 0.429. The van der Waals surface area contributed by atoms with E-state index in [1.165, 1.54) is 0 Å². The molecule has 0 aliphatic carbocycles. The second-order valence-electron chi connectivity index (χ2n) is 4.56. The zero-order valence-corrected chi connectivity index (χ0v) is 11.1. The number of hydrogen-bond donors (Lipinski definition) is 2. The lowest BCUT2D eigenvalue weighted by molar-refractivity contribution is 0.0956. The molecule has 1 aliphatic rings. The summed E-state index contributed by atoms with van der Waals surface area (Å²) in [6, 6.07) is 6.89. The standard InChI is InChI=1S/C14H19N3O2/c1-2-15-13(18)11-6-5-7-12(10-11)16-14(19)17-8-3-4-9-17/h5-7,10H,2-4,8-9H2,1H3,(H,15,18)(H,16,19). The van der Waals surface area contributed by atoms with Crippen LogP contribution in [-0.2, 0) is 0 Å². The lowest BCUT2D eigenvalue weighted by atomic mass is 10.2. The van der Waals surface area contributed by atoms with Gasteiger partial charge in [0.15, 0.2) is 0 Å². The zero-order chi connectivity index (χ0) is 13.7. The van der Waals surface area contributed by atoms with Crippen LogP contribution < -0.4 is 10.6 Å². The number of hydrogen-bond acceptors (Lipinski definition) is 2. The SMILES string of the molecule is CCNC(=O)c1cccc(NC(=O)N2CCCC2)c1.